The number of nitrogens with zero attached hydrogens (tertiary/aromatic N) is 2. The quantitative estimate of drug-likeness (QED) is 0.561. The van der Waals surface area contributed by atoms with E-state index in [2.05, 4.69) is 35.0 Å². The van der Waals surface area contributed by atoms with E-state index in [1.807, 2.05) is 36.4 Å². The number of hydrogen-bond donors (Lipinski definition) is 1. The zero-order valence-corrected chi connectivity index (χ0v) is 15.1. The molecule has 0 bridgehead atoms. The van der Waals surface area contributed by atoms with Crippen molar-refractivity contribution in [3.63, 3.8) is 0 Å². The standard InChI is InChI=1S/C22H21N3O2/c1-16(17-8-3-2-4-9-17)25-19-11-6-5-10-18(19)24-21(25)13-14-23-22(26)20-12-7-15-27-20/h2-12,15-16H,13-14H2,1H3,(H,23,26)/t16-/m0/s1. The lowest BCUT2D eigenvalue weighted by atomic mass is 10.1. The molecule has 27 heavy (non-hydrogen) atoms. The molecule has 1 N–H and O–H groups in total. The molecule has 0 saturated heterocycles. The van der Waals surface area contributed by atoms with Crippen molar-refractivity contribution in [3.8, 4) is 0 Å². The Morgan fingerprint density at radius 3 is 2.63 bits per heavy atom. The van der Waals surface area contributed by atoms with Crippen LogP contribution in [0.3, 0.4) is 0 Å². The molecule has 0 saturated carbocycles. The zero-order valence-electron chi connectivity index (χ0n) is 15.1. The van der Waals surface area contributed by atoms with Gasteiger partial charge in [0.05, 0.1) is 23.3 Å². The second-order valence-corrected chi connectivity index (χ2v) is 6.46. The van der Waals surface area contributed by atoms with Gasteiger partial charge >= 0.3 is 0 Å². The zero-order chi connectivity index (χ0) is 18.6. The maximum atomic E-state index is 12.1. The van der Waals surface area contributed by atoms with Crippen LogP contribution in [0.1, 0.15) is 34.9 Å². The normalized spacial score (nSPS) is 12.2. The topological polar surface area (TPSA) is 60.1 Å². The summed E-state index contributed by atoms with van der Waals surface area (Å²) < 4.78 is 7.39. The van der Waals surface area contributed by atoms with Gasteiger partial charge in [-0.05, 0) is 36.8 Å². The Balaban J connectivity index is 1.59. The summed E-state index contributed by atoms with van der Waals surface area (Å²) in [6.45, 7) is 2.67. The number of para-hydroxylation sites is 2. The minimum absolute atomic E-state index is 0.148. The second-order valence-electron chi connectivity index (χ2n) is 6.46. The molecule has 0 aliphatic rings. The van der Waals surface area contributed by atoms with Crippen LogP contribution in [0.4, 0.5) is 0 Å². The maximum Gasteiger partial charge on any atom is 0.286 e. The first-order valence-electron chi connectivity index (χ1n) is 9.06. The van der Waals surface area contributed by atoms with Crippen molar-refractivity contribution >= 4 is 16.9 Å². The highest BCUT2D eigenvalue weighted by atomic mass is 16.3. The summed E-state index contributed by atoms with van der Waals surface area (Å²) in [4.78, 5) is 16.9. The van der Waals surface area contributed by atoms with Crippen LogP contribution in [0, 0.1) is 0 Å². The molecule has 5 heteroatoms. The molecule has 1 amide bonds. The Kier molecular flexibility index (Phi) is 4.75. The molecule has 0 aliphatic heterocycles. The van der Waals surface area contributed by atoms with Crippen LogP contribution in [0.25, 0.3) is 11.0 Å². The highest BCUT2D eigenvalue weighted by molar-refractivity contribution is 5.91. The average molecular weight is 359 g/mol. The Morgan fingerprint density at radius 1 is 1.07 bits per heavy atom. The van der Waals surface area contributed by atoms with Gasteiger partial charge in [0.2, 0.25) is 0 Å². The third kappa shape index (κ3) is 3.49. The number of rotatable bonds is 6. The first kappa shape index (κ1) is 17.1. The number of furan rings is 1. The number of nitrogens with one attached hydrogen (secondary N) is 1. The van der Waals surface area contributed by atoms with Crippen molar-refractivity contribution in [2.24, 2.45) is 0 Å². The van der Waals surface area contributed by atoms with Crippen LogP contribution in [-0.4, -0.2) is 22.0 Å². The lowest BCUT2D eigenvalue weighted by Gasteiger charge is -2.18. The molecular formula is C22H21N3O2. The summed E-state index contributed by atoms with van der Waals surface area (Å²) >= 11 is 0. The predicted molar refractivity (Wildman–Crippen MR) is 105 cm³/mol. The Bertz CT molecular complexity index is 1040. The summed E-state index contributed by atoms with van der Waals surface area (Å²) in [6, 6.07) is 22.0. The van der Waals surface area contributed by atoms with Crippen LogP contribution >= 0.6 is 0 Å². The van der Waals surface area contributed by atoms with Gasteiger partial charge < -0.3 is 14.3 Å². The van der Waals surface area contributed by atoms with Gasteiger partial charge in [-0.2, -0.15) is 0 Å². The summed E-state index contributed by atoms with van der Waals surface area (Å²) in [5, 5.41) is 2.90. The molecule has 0 radical (unpaired) electrons. The van der Waals surface area contributed by atoms with Crippen molar-refractivity contribution < 1.29 is 9.21 Å². The van der Waals surface area contributed by atoms with Crippen LogP contribution in [0.2, 0.25) is 0 Å². The molecule has 136 valence electrons. The molecule has 0 aliphatic carbocycles. The number of fused-ring (bicyclic) bond motifs is 1. The number of benzene rings is 2. The summed E-state index contributed by atoms with van der Waals surface area (Å²) in [7, 11) is 0. The lowest BCUT2D eigenvalue weighted by Crippen LogP contribution is -2.26. The van der Waals surface area contributed by atoms with Gasteiger partial charge in [-0.15, -0.1) is 0 Å². The van der Waals surface area contributed by atoms with Crippen molar-refractivity contribution in [2.75, 3.05) is 6.54 Å². The van der Waals surface area contributed by atoms with Gasteiger partial charge in [-0.1, -0.05) is 42.5 Å². The van der Waals surface area contributed by atoms with Gasteiger partial charge in [0.1, 0.15) is 5.82 Å². The fourth-order valence-corrected chi connectivity index (χ4v) is 3.37. The summed E-state index contributed by atoms with van der Waals surface area (Å²) in [6.07, 6.45) is 2.13. The first-order chi connectivity index (χ1) is 13.2. The van der Waals surface area contributed by atoms with E-state index in [0.717, 1.165) is 16.9 Å². The molecular weight excluding hydrogens is 338 g/mol. The molecule has 4 rings (SSSR count). The van der Waals surface area contributed by atoms with Crippen LogP contribution in [-0.2, 0) is 6.42 Å². The van der Waals surface area contributed by atoms with Crippen molar-refractivity contribution in [2.45, 2.75) is 19.4 Å². The highest BCUT2D eigenvalue weighted by Crippen LogP contribution is 2.26. The van der Waals surface area contributed by atoms with Crippen molar-refractivity contribution in [1.82, 2.24) is 14.9 Å². The van der Waals surface area contributed by atoms with E-state index in [4.69, 9.17) is 9.40 Å². The fraction of sp³-hybridized carbons (Fsp3) is 0.182. The van der Waals surface area contributed by atoms with E-state index in [0.29, 0.717) is 18.7 Å². The number of hydrogen-bond acceptors (Lipinski definition) is 3. The number of amides is 1. The molecule has 0 fully saturated rings. The van der Waals surface area contributed by atoms with Crippen LogP contribution in [0.15, 0.2) is 77.4 Å². The molecule has 2 aromatic carbocycles. The van der Waals surface area contributed by atoms with Gasteiger partial charge in [0.15, 0.2) is 5.76 Å². The van der Waals surface area contributed by atoms with E-state index >= 15 is 0 Å². The smallest absolute Gasteiger partial charge is 0.286 e. The third-order valence-corrected chi connectivity index (χ3v) is 4.72. The van der Waals surface area contributed by atoms with Crippen LogP contribution in [0.5, 0.6) is 0 Å². The molecule has 0 spiro atoms. The van der Waals surface area contributed by atoms with Crippen molar-refractivity contribution in [1.29, 1.82) is 0 Å². The van der Waals surface area contributed by atoms with E-state index in [1.54, 1.807) is 12.1 Å². The lowest BCUT2D eigenvalue weighted by molar-refractivity contribution is 0.0926. The molecule has 2 heterocycles. The van der Waals surface area contributed by atoms with E-state index < -0.39 is 0 Å². The number of aromatic nitrogens is 2. The number of carbonyl (C=O) groups excluding carboxylic acids is 1. The van der Waals surface area contributed by atoms with E-state index in [9.17, 15) is 4.79 Å². The number of carbonyl (C=O) groups is 1. The SMILES string of the molecule is C[C@@H](c1ccccc1)n1c(CCNC(=O)c2ccco2)nc2ccccc21. The minimum atomic E-state index is -0.209. The molecule has 1 atom stereocenters. The van der Waals surface area contributed by atoms with E-state index in [1.165, 1.54) is 11.8 Å². The molecule has 2 aromatic heterocycles. The fourth-order valence-electron chi connectivity index (χ4n) is 3.37. The van der Waals surface area contributed by atoms with Gasteiger partial charge in [-0.25, -0.2) is 4.98 Å². The predicted octanol–water partition coefficient (Wildman–Crippen LogP) is 4.21. The third-order valence-electron chi connectivity index (χ3n) is 4.72. The van der Waals surface area contributed by atoms with Crippen LogP contribution < -0.4 is 5.32 Å². The average Bonchev–Trinajstić information content (AvgIpc) is 3.36. The Labute approximate surface area is 157 Å². The first-order valence-corrected chi connectivity index (χ1v) is 9.06. The van der Waals surface area contributed by atoms with E-state index in [-0.39, 0.29) is 11.9 Å². The summed E-state index contributed by atoms with van der Waals surface area (Å²) in [5.74, 6) is 1.06. The molecule has 5 nitrogen and oxygen atoms in total. The number of imidazole rings is 1. The van der Waals surface area contributed by atoms with Gasteiger partial charge in [0, 0.05) is 13.0 Å². The Hall–Kier alpha value is -3.34. The maximum absolute atomic E-state index is 12.1. The van der Waals surface area contributed by atoms with Gasteiger partial charge in [-0.3, -0.25) is 4.79 Å². The minimum Gasteiger partial charge on any atom is -0.459 e. The Morgan fingerprint density at radius 2 is 1.85 bits per heavy atom. The summed E-state index contributed by atoms with van der Waals surface area (Å²) in [5.41, 5.74) is 3.29. The largest absolute Gasteiger partial charge is 0.459 e. The second kappa shape index (κ2) is 7.50. The van der Waals surface area contributed by atoms with Gasteiger partial charge in [0.25, 0.3) is 5.91 Å². The highest BCUT2D eigenvalue weighted by Gasteiger charge is 2.17. The van der Waals surface area contributed by atoms with Crippen molar-refractivity contribution in [3.05, 3.63) is 90.1 Å². The molecule has 4 aromatic rings. The monoisotopic (exact) mass is 359 g/mol. The molecule has 0 unspecified atom stereocenters.